The molecule has 2 aromatic rings. The number of amides is 1. The second-order valence-corrected chi connectivity index (χ2v) is 6.82. The van der Waals surface area contributed by atoms with Gasteiger partial charge in [0, 0.05) is 12.0 Å². The molecule has 7 nitrogen and oxygen atoms in total. The zero-order valence-electron chi connectivity index (χ0n) is 14.2. The molecule has 2 atom stereocenters. The van der Waals surface area contributed by atoms with Gasteiger partial charge in [0.15, 0.2) is 11.5 Å². The summed E-state index contributed by atoms with van der Waals surface area (Å²) >= 11 is 1.53. The standard InChI is InChI=1S/C18H20N2O5S/c21-18(13-2-1-3-15-17(13)24-7-6-23-15)20-14-4-5-22-9-16(14)25-8-12-10-26-11-19-12/h1-3,10-11,14,16H,4-9H2,(H,20,21)/t14-,16-/m1/s1. The Kier molecular flexibility index (Phi) is 5.33. The number of fused-ring (bicyclic) bond motifs is 1. The first-order chi connectivity index (χ1) is 12.8. The summed E-state index contributed by atoms with van der Waals surface area (Å²) in [5, 5.41) is 5.02. The lowest BCUT2D eigenvalue weighted by molar-refractivity contribution is -0.0742. The van der Waals surface area contributed by atoms with Crippen molar-refractivity contribution in [3.8, 4) is 11.5 Å². The fourth-order valence-electron chi connectivity index (χ4n) is 3.04. The minimum Gasteiger partial charge on any atom is -0.486 e. The minimum absolute atomic E-state index is 0.129. The summed E-state index contributed by atoms with van der Waals surface area (Å²) in [4.78, 5) is 17.0. The van der Waals surface area contributed by atoms with Crippen LogP contribution in [0.1, 0.15) is 22.5 Å². The number of ether oxygens (including phenoxy) is 4. The van der Waals surface area contributed by atoms with Gasteiger partial charge in [0.1, 0.15) is 19.3 Å². The fourth-order valence-corrected chi connectivity index (χ4v) is 3.58. The van der Waals surface area contributed by atoms with Crippen LogP contribution < -0.4 is 14.8 Å². The molecular weight excluding hydrogens is 356 g/mol. The van der Waals surface area contributed by atoms with Crippen molar-refractivity contribution in [1.82, 2.24) is 10.3 Å². The lowest BCUT2D eigenvalue weighted by Gasteiger charge is -2.32. The third kappa shape index (κ3) is 3.82. The van der Waals surface area contributed by atoms with Gasteiger partial charge in [-0.3, -0.25) is 4.79 Å². The predicted octanol–water partition coefficient (Wildman–Crippen LogP) is 2.02. The van der Waals surface area contributed by atoms with E-state index in [4.69, 9.17) is 18.9 Å². The number of hydrogen-bond acceptors (Lipinski definition) is 7. The van der Waals surface area contributed by atoms with Crippen molar-refractivity contribution < 1.29 is 23.7 Å². The van der Waals surface area contributed by atoms with Crippen LogP contribution in [0.4, 0.5) is 0 Å². The Hall–Kier alpha value is -2.16. The maximum atomic E-state index is 12.8. The average Bonchev–Trinajstić information content (AvgIpc) is 3.20. The molecule has 26 heavy (non-hydrogen) atoms. The van der Waals surface area contributed by atoms with Gasteiger partial charge in [0.2, 0.25) is 0 Å². The number of carbonyl (C=O) groups is 1. The molecule has 8 heteroatoms. The molecule has 0 aliphatic carbocycles. The zero-order chi connectivity index (χ0) is 17.8. The highest BCUT2D eigenvalue weighted by Gasteiger charge is 2.30. The molecule has 1 amide bonds. The monoisotopic (exact) mass is 376 g/mol. The first-order valence-corrected chi connectivity index (χ1v) is 9.51. The van der Waals surface area contributed by atoms with E-state index in [0.29, 0.717) is 56.5 Å². The summed E-state index contributed by atoms with van der Waals surface area (Å²) < 4.78 is 22.6. The van der Waals surface area contributed by atoms with Crippen LogP contribution in [0.15, 0.2) is 29.1 Å². The van der Waals surface area contributed by atoms with Gasteiger partial charge in [0.05, 0.1) is 36.0 Å². The normalized spacial score (nSPS) is 22.0. The highest BCUT2D eigenvalue weighted by Crippen LogP contribution is 2.33. The smallest absolute Gasteiger partial charge is 0.255 e. The predicted molar refractivity (Wildman–Crippen MR) is 94.8 cm³/mol. The van der Waals surface area contributed by atoms with Crippen molar-refractivity contribution in [3.05, 3.63) is 40.3 Å². The zero-order valence-corrected chi connectivity index (χ0v) is 15.0. The van der Waals surface area contributed by atoms with Crippen molar-refractivity contribution in [3.63, 3.8) is 0 Å². The Morgan fingerprint density at radius 1 is 1.31 bits per heavy atom. The van der Waals surface area contributed by atoms with Crippen LogP contribution >= 0.6 is 11.3 Å². The lowest BCUT2D eigenvalue weighted by Crippen LogP contribution is -2.50. The van der Waals surface area contributed by atoms with Gasteiger partial charge < -0.3 is 24.3 Å². The van der Waals surface area contributed by atoms with Crippen LogP contribution in [0, 0.1) is 0 Å². The molecule has 4 rings (SSSR count). The Balaban J connectivity index is 1.43. The molecule has 3 heterocycles. The summed E-state index contributed by atoms with van der Waals surface area (Å²) in [6.07, 6.45) is 0.478. The lowest BCUT2D eigenvalue weighted by atomic mass is 10.0. The fraction of sp³-hybridized carbons (Fsp3) is 0.444. The molecular formula is C18H20N2O5S. The average molecular weight is 376 g/mol. The molecule has 1 aromatic heterocycles. The third-order valence-corrected chi connectivity index (χ3v) is 5.00. The van der Waals surface area contributed by atoms with E-state index in [-0.39, 0.29) is 18.1 Å². The van der Waals surface area contributed by atoms with E-state index in [1.807, 2.05) is 5.38 Å². The van der Waals surface area contributed by atoms with E-state index >= 15 is 0 Å². The quantitative estimate of drug-likeness (QED) is 0.860. The molecule has 2 aliphatic rings. The first kappa shape index (κ1) is 17.3. The molecule has 0 saturated carbocycles. The molecule has 0 radical (unpaired) electrons. The minimum atomic E-state index is -0.217. The van der Waals surface area contributed by atoms with Crippen LogP contribution in [-0.4, -0.2) is 49.5 Å². The molecule has 2 aliphatic heterocycles. The number of nitrogens with zero attached hydrogens (tertiary/aromatic N) is 1. The van der Waals surface area contributed by atoms with Crippen LogP contribution in [0.3, 0.4) is 0 Å². The van der Waals surface area contributed by atoms with Crippen LogP contribution in [0.2, 0.25) is 0 Å². The molecule has 1 aromatic carbocycles. The number of carbonyl (C=O) groups excluding carboxylic acids is 1. The highest BCUT2D eigenvalue weighted by molar-refractivity contribution is 7.07. The SMILES string of the molecule is O=C(N[C@@H]1CCOC[C@H]1OCc1cscn1)c1cccc2c1OCCO2. The van der Waals surface area contributed by atoms with Gasteiger partial charge in [-0.15, -0.1) is 11.3 Å². The van der Waals surface area contributed by atoms with Crippen molar-refractivity contribution in [2.45, 2.75) is 25.2 Å². The van der Waals surface area contributed by atoms with Gasteiger partial charge in [0.25, 0.3) is 5.91 Å². The van der Waals surface area contributed by atoms with E-state index < -0.39 is 0 Å². The van der Waals surface area contributed by atoms with Crippen molar-refractivity contribution in [2.75, 3.05) is 26.4 Å². The van der Waals surface area contributed by atoms with Gasteiger partial charge in [-0.25, -0.2) is 4.98 Å². The first-order valence-electron chi connectivity index (χ1n) is 8.57. The highest BCUT2D eigenvalue weighted by atomic mass is 32.1. The second kappa shape index (κ2) is 8.03. The molecule has 1 N–H and O–H groups in total. The van der Waals surface area contributed by atoms with E-state index in [2.05, 4.69) is 10.3 Å². The molecule has 0 spiro atoms. The molecule has 138 valence electrons. The molecule has 0 bridgehead atoms. The Morgan fingerprint density at radius 2 is 2.23 bits per heavy atom. The van der Waals surface area contributed by atoms with Crippen LogP contribution in [0.25, 0.3) is 0 Å². The van der Waals surface area contributed by atoms with Gasteiger partial charge >= 0.3 is 0 Å². The Morgan fingerprint density at radius 3 is 3.12 bits per heavy atom. The van der Waals surface area contributed by atoms with E-state index in [9.17, 15) is 4.79 Å². The van der Waals surface area contributed by atoms with Crippen molar-refractivity contribution >= 4 is 17.2 Å². The number of thiazole rings is 1. The van der Waals surface area contributed by atoms with Gasteiger partial charge in [-0.05, 0) is 18.6 Å². The second-order valence-electron chi connectivity index (χ2n) is 6.10. The number of hydrogen-bond donors (Lipinski definition) is 1. The van der Waals surface area contributed by atoms with Crippen molar-refractivity contribution in [2.24, 2.45) is 0 Å². The van der Waals surface area contributed by atoms with E-state index in [0.717, 1.165) is 5.69 Å². The summed E-state index contributed by atoms with van der Waals surface area (Å²) in [5.41, 5.74) is 3.14. The largest absolute Gasteiger partial charge is 0.486 e. The Bertz CT molecular complexity index is 752. The third-order valence-electron chi connectivity index (χ3n) is 4.36. The maximum absolute atomic E-state index is 12.8. The summed E-state index contributed by atoms with van der Waals surface area (Å²) in [6, 6.07) is 5.21. The molecule has 0 unspecified atom stereocenters. The topological polar surface area (TPSA) is 78.9 Å². The number of rotatable bonds is 5. The summed E-state index contributed by atoms with van der Waals surface area (Å²) in [6.45, 7) is 2.37. The summed E-state index contributed by atoms with van der Waals surface area (Å²) in [7, 11) is 0. The number of nitrogens with one attached hydrogen (secondary N) is 1. The Labute approximate surface area is 155 Å². The molecule has 1 fully saturated rings. The van der Waals surface area contributed by atoms with Gasteiger partial charge in [-0.1, -0.05) is 6.07 Å². The van der Waals surface area contributed by atoms with E-state index in [1.54, 1.807) is 23.7 Å². The number of benzene rings is 1. The molecule has 1 saturated heterocycles. The van der Waals surface area contributed by atoms with Crippen LogP contribution in [0.5, 0.6) is 11.5 Å². The van der Waals surface area contributed by atoms with Crippen molar-refractivity contribution in [1.29, 1.82) is 0 Å². The number of para-hydroxylation sites is 1. The van der Waals surface area contributed by atoms with E-state index in [1.165, 1.54) is 11.3 Å². The van der Waals surface area contributed by atoms with Gasteiger partial charge in [-0.2, -0.15) is 0 Å². The van der Waals surface area contributed by atoms with Crippen LogP contribution in [-0.2, 0) is 16.1 Å². The number of aromatic nitrogens is 1. The maximum Gasteiger partial charge on any atom is 0.255 e. The summed E-state index contributed by atoms with van der Waals surface area (Å²) in [5.74, 6) is 0.914.